The van der Waals surface area contributed by atoms with Crippen molar-refractivity contribution < 1.29 is 14.6 Å². The van der Waals surface area contributed by atoms with E-state index in [9.17, 15) is 14.7 Å². The molecule has 0 unspecified atom stereocenters. The number of likely N-dealkylation sites (N-methyl/N-ethyl adjacent to an activating group) is 1. The summed E-state index contributed by atoms with van der Waals surface area (Å²) >= 11 is 0. The highest BCUT2D eigenvalue weighted by atomic mass is 16.5. The molecule has 1 amide bonds. The van der Waals surface area contributed by atoms with Crippen molar-refractivity contribution in [2.24, 2.45) is 0 Å². The number of ether oxygens (including phenoxy) is 1. The van der Waals surface area contributed by atoms with Crippen molar-refractivity contribution in [3.63, 3.8) is 0 Å². The van der Waals surface area contributed by atoms with Crippen LogP contribution in [0.25, 0.3) is 22.9 Å². The number of aliphatic hydroxyl groups is 1. The number of fused-ring (bicyclic) bond motifs is 1. The molecule has 3 aromatic rings. The molecule has 2 heterocycles. The third kappa shape index (κ3) is 4.44. The van der Waals surface area contributed by atoms with E-state index >= 15 is 0 Å². The lowest BCUT2D eigenvalue weighted by atomic mass is 10.1. The fourth-order valence-corrected chi connectivity index (χ4v) is 3.52. The van der Waals surface area contributed by atoms with Gasteiger partial charge in [-0.1, -0.05) is 12.1 Å². The summed E-state index contributed by atoms with van der Waals surface area (Å²) in [6, 6.07) is 11.9. The molecule has 1 aromatic heterocycles. The zero-order chi connectivity index (χ0) is 22.0. The molecule has 0 spiro atoms. The van der Waals surface area contributed by atoms with E-state index in [4.69, 9.17) is 4.74 Å². The zero-order valence-electron chi connectivity index (χ0n) is 17.5. The second kappa shape index (κ2) is 8.61. The molecule has 1 aliphatic rings. The van der Waals surface area contributed by atoms with Crippen molar-refractivity contribution in [2.75, 3.05) is 40.3 Å². The Balaban J connectivity index is 1.62. The lowest BCUT2D eigenvalue weighted by Gasteiger charge is -2.32. The molecule has 0 aliphatic carbocycles. The Morgan fingerprint density at radius 1 is 1.13 bits per heavy atom. The van der Waals surface area contributed by atoms with Gasteiger partial charge in [0.15, 0.2) is 0 Å². The lowest BCUT2D eigenvalue weighted by molar-refractivity contribution is 0.0664. The Kier molecular flexibility index (Phi) is 5.73. The summed E-state index contributed by atoms with van der Waals surface area (Å²) < 4.78 is 5.16. The standard InChI is InChI=1S/C23H24N4O4/c1-26-8-10-27(11-9-26)23(30)16-6-7-18-19(13-16)25-22(29)20(24-18)14-21(28)15-4-3-5-17(12-15)31-2/h3-7,12-14,28H,8-11H2,1-2H3,(H,25,29)/b21-14-. The predicted octanol–water partition coefficient (Wildman–Crippen LogP) is 2.38. The molecule has 0 atom stereocenters. The van der Waals surface area contributed by atoms with Crippen LogP contribution in [0.5, 0.6) is 5.75 Å². The summed E-state index contributed by atoms with van der Waals surface area (Å²) in [6.45, 7) is 3.03. The van der Waals surface area contributed by atoms with Crippen LogP contribution in [-0.4, -0.2) is 71.1 Å². The molecule has 1 saturated heterocycles. The number of nitrogens with zero attached hydrogens (tertiary/aromatic N) is 3. The third-order valence-corrected chi connectivity index (χ3v) is 5.39. The molecule has 4 rings (SSSR count). The largest absolute Gasteiger partial charge is 0.507 e. The van der Waals surface area contributed by atoms with Crippen molar-refractivity contribution in [1.82, 2.24) is 19.8 Å². The van der Waals surface area contributed by atoms with Gasteiger partial charge in [-0.3, -0.25) is 9.59 Å². The molecule has 2 N–H and O–H groups in total. The number of carbonyl (C=O) groups excluding carboxylic acids is 1. The quantitative estimate of drug-likeness (QED) is 0.629. The van der Waals surface area contributed by atoms with Crippen LogP contribution in [0.1, 0.15) is 21.6 Å². The average Bonchev–Trinajstić information content (AvgIpc) is 2.79. The molecular formula is C23H24N4O4. The Bertz CT molecular complexity index is 1210. The third-order valence-electron chi connectivity index (χ3n) is 5.39. The van der Waals surface area contributed by atoms with E-state index in [1.807, 2.05) is 11.9 Å². The van der Waals surface area contributed by atoms with Gasteiger partial charge in [-0.2, -0.15) is 0 Å². The molecule has 8 nitrogen and oxygen atoms in total. The molecule has 31 heavy (non-hydrogen) atoms. The van der Waals surface area contributed by atoms with Crippen LogP contribution in [0.3, 0.4) is 0 Å². The number of methoxy groups -OCH3 is 1. The number of benzene rings is 2. The second-order valence-electron chi connectivity index (χ2n) is 7.54. The molecule has 0 bridgehead atoms. The number of H-pyrrole nitrogens is 1. The summed E-state index contributed by atoms with van der Waals surface area (Å²) in [5.41, 5.74) is 1.64. The maximum atomic E-state index is 12.8. The number of piperazine rings is 1. The Hall–Kier alpha value is -3.65. The number of aliphatic hydroxyl groups excluding tert-OH is 1. The van der Waals surface area contributed by atoms with Gasteiger partial charge in [0.2, 0.25) is 0 Å². The van der Waals surface area contributed by atoms with Crippen molar-refractivity contribution in [3.8, 4) is 5.75 Å². The summed E-state index contributed by atoms with van der Waals surface area (Å²) in [5.74, 6) is 0.434. The van der Waals surface area contributed by atoms with Gasteiger partial charge in [0.1, 0.15) is 17.2 Å². The van der Waals surface area contributed by atoms with Crippen molar-refractivity contribution >= 4 is 28.8 Å². The summed E-state index contributed by atoms with van der Waals surface area (Å²) in [7, 11) is 3.57. The van der Waals surface area contributed by atoms with E-state index in [-0.39, 0.29) is 17.4 Å². The van der Waals surface area contributed by atoms with Gasteiger partial charge in [-0.05, 0) is 37.4 Å². The normalized spacial score (nSPS) is 15.3. The van der Waals surface area contributed by atoms with Gasteiger partial charge in [0, 0.05) is 43.4 Å². The lowest BCUT2D eigenvalue weighted by Crippen LogP contribution is -2.47. The van der Waals surface area contributed by atoms with Gasteiger partial charge in [0.25, 0.3) is 11.5 Å². The van der Waals surface area contributed by atoms with Gasteiger partial charge in [0.05, 0.1) is 18.1 Å². The molecule has 0 saturated carbocycles. The summed E-state index contributed by atoms with van der Waals surface area (Å²) in [5, 5.41) is 10.4. The minimum Gasteiger partial charge on any atom is -0.507 e. The molecular weight excluding hydrogens is 396 g/mol. The van der Waals surface area contributed by atoms with Crippen LogP contribution in [-0.2, 0) is 0 Å². The number of nitrogens with one attached hydrogen (secondary N) is 1. The average molecular weight is 420 g/mol. The highest BCUT2D eigenvalue weighted by molar-refractivity contribution is 5.97. The smallest absolute Gasteiger partial charge is 0.274 e. The van der Waals surface area contributed by atoms with E-state index < -0.39 is 5.56 Å². The van der Waals surface area contributed by atoms with Crippen LogP contribution in [0.2, 0.25) is 0 Å². The first-order chi connectivity index (χ1) is 14.9. The Morgan fingerprint density at radius 3 is 2.65 bits per heavy atom. The molecule has 2 aromatic carbocycles. The predicted molar refractivity (Wildman–Crippen MR) is 119 cm³/mol. The fraction of sp³-hybridized carbons (Fsp3) is 0.261. The number of aromatic amines is 1. The van der Waals surface area contributed by atoms with Crippen LogP contribution < -0.4 is 10.3 Å². The van der Waals surface area contributed by atoms with Crippen molar-refractivity contribution in [1.29, 1.82) is 0 Å². The fourth-order valence-electron chi connectivity index (χ4n) is 3.52. The van der Waals surface area contributed by atoms with E-state index in [2.05, 4.69) is 14.9 Å². The molecule has 8 heteroatoms. The van der Waals surface area contributed by atoms with E-state index in [1.165, 1.54) is 13.2 Å². The van der Waals surface area contributed by atoms with Crippen molar-refractivity contribution in [3.05, 3.63) is 69.6 Å². The number of rotatable bonds is 4. The van der Waals surface area contributed by atoms with Gasteiger partial charge < -0.3 is 24.6 Å². The highest BCUT2D eigenvalue weighted by Crippen LogP contribution is 2.20. The maximum Gasteiger partial charge on any atom is 0.274 e. The number of amides is 1. The monoisotopic (exact) mass is 420 g/mol. The summed E-state index contributed by atoms with van der Waals surface area (Å²) in [4.78, 5) is 36.5. The minimum atomic E-state index is -0.453. The maximum absolute atomic E-state index is 12.8. The Labute approximate surface area is 179 Å². The molecule has 1 fully saturated rings. The molecule has 160 valence electrons. The van der Waals surface area contributed by atoms with Crippen LogP contribution in [0, 0.1) is 0 Å². The minimum absolute atomic E-state index is 0.0597. The first-order valence-electron chi connectivity index (χ1n) is 10.0. The van der Waals surface area contributed by atoms with E-state index in [0.717, 1.165) is 13.1 Å². The van der Waals surface area contributed by atoms with E-state index in [0.29, 0.717) is 41.0 Å². The highest BCUT2D eigenvalue weighted by Gasteiger charge is 2.20. The number of aromatic nitrogens is 2. The SMILES string of the molecule is COc1cccc(/C(O)=C/c2nc3ccc(C(=O)N4CCN(C)CC4)cc3[nH]c2=O)c1. The van der Waals surface area contributed by atoms with Gasteiger partial charge >= 0.3 is 0 Å². The van der Waals surface area contributed by atoms with Gasteiger partial charge in [-0.25, -0.2) is 4.98 Å². The number of hydrogen-bond donors (Lipinski definition) is 2. The van der Waals surface area contributed by atoms with Crippen LogP contribution in [0.15, 0.2) is 47.3 Å². The van der Waals surface area contributed by atoms with Crippen LogP contribution in [0.4, 0.5) is 0 Å². The van der Waals surface area contributed by atoms with Crippen molar-refractivity contribution in [2.45, 2.75) is 0 Å². The molecule has 0 radical (unpaired) electrons. The van der Waals surface area contributed by atoms with E-state index in [1.54, 1.807) is 42.5 Å². The Morgan fingerprint density at radius 2 is 1.90 bits per heavy atom. The topological polar surface area (TPSA) is 98.8 Å². The zero-order valence-corrected chi connectivity index (χ0v) is 17.5. The first kappa shape index (κ1) is 20.6. The number of hydrogen-bond acceptors (Lipinski definition) is 6. The van der Waals surface area contributed by atoms with Gasteiger partial charge in [-0.15, -0.1) is 0 Å². The molecule has 1 aliphatic heterocycles. The number of carbonyl (C=O) groups is 1. The second-order valence-corrected chi connectivity index (χ2v) is 7.54. The van der Waals surface area contributed by atoms with Crippen LogP contribution >= 0.6 is 0 Å². The summed E-state index contributed by atoms with van der Waals surface area (Å²) in [6.07, 6.45) is 1.32. The first-order valence-corrected chi connectivity index (χ1v) is 10.0.